The van der Waals surface area contributed by atoms with Gasteiger partial charge in [-0.05, 0) is 51.3 Å². The van der Waals surface area contributed by atoms with Crippen molar-refractivity contribution in [2.45, 2.75) is 52.1 Å². The lowest BCUT2D eigenvalue weighted by molar-refractivity contribution is -0.132. The van der Waals surface area contributed by atoms with Gasteiger partial charge in [0.25, 0.3) is 0 Å². The molecule has 1 saturated heterocycles. The van der Waals surface area contributed by atoms with Crippen molar-refractivity contribution in [2.75, 3.05) is 46.1 Å². The van der Waals surface area contributed by atoms with Crippen LogP contribution in [0.1, 0.15) is 43.0 Å². The lowest BCUT2D eigenvalue weighted by atomic mass is 10.1. The molecular weight excluding hydrogens is 432 g/mol. The molecule has 2 aliphatic heterocycles. The highest BCUT2D eigenvalue weighted by atomic mass is 16.5. The van der Waals surface area contributed by atoms with E-state index in [1.165, 1.54) is 0 Å². The third kappa shape index (κ3) is 6.10. The van der Waals surface area contributed by atoms with E-state index >= 15 is 0 Å². The molecule has 8 nitrogen and oxygen atoms in total. The molecule has 0 aliphatic carbocycles. The van der Waals surface area contributed by atoms with E-state index in [-0.39, 0.29) is 5.91 Å². The first-order valence-corrected chi connectivity index (χ1v) is 12.5. The van der Waals surface area contributed by atoms with E-state index in [1.807, 2.05) is 48.8 Å². The summed E-state index contributed by atoms with van der Waals surface area (Å²) in [5, 5.41) is 4.40. The van der Waals surface area contributed by atoms with Crippen molar-refractivity contribution in [3.8, 4) is 11.5 Å². The Labute approximate surface area is 202 Å². The minimum absolute atomic E-state index is 0.184. The van der Waals surface area contributed by atoms with E-state index in [4.69, 9.17) is 14.2 Å². The number of hydrogen-bond donors (Lipinski definition) is 0. The molecule has 0 bridgehead atoms. The first-order chi connectivity index (χ1) is 16.5. The molecule has 1 amide bonds. The van der Waals surface area contributed by atoms with E-state index < -0.39 is 0 Å². The van der Waals surface area contributed by atoms with Gasteiger partial charge < -0.3 is 19.1 Å². The van der Waals surface area contributed by atoms with Crippen LogP contribution >= 0.6 is 0 Å². The van der Waals surface area contributed by atoms with Crippen LogP contribution in [0.4, 0.5) is 0 Å². The van der Waals surface area contributed by atoms with E-state index in [0.29, 0.717) is 51.9 Å². The second kappa shape index (κ2) is 11.7. The molecule has 34 heavy (non-hydrogen) atoms. The summed E-state index contributed by atoms with van der Waals surface area (Å²) in [5.74, 6) is 1.79. The average molecular weight is 471 g/mol. The highest BCUT2D eigenvalue weighted by molar-refractivity contribution is 5.76. The Morgan fingerprint density at radius 2 is 2.12 bits per heavy atom. The van der Waals surface area contributed by atoms with Crippen molar-refractivity contribution in [2.24, 2.45) is 7.05 Å². The predicted molar refractivity (Wildman–Crippen MR) is 130 cm³/mol. The molecular formula is C26H38N4O4. The molecule has 8 heteroatoms. The van der Waals surface area contributed by atoms with Gasteiger partial charge in [0, 0.05) is 50.9 Å². The number of para-hydroxylation sites is 1. The third-order valence-corrected chi connectivity index (χ3v) is 6.72. The van der Waals surface area contributed by atoms with Gasteiger partial charge in [-0.25, -0.2) is 0 Å². The van der Waals surface area contributed by atoms with Gasteiger partial charge in [0.2, 0.25) is 5.91 Å². The SMILES string of the molecule is CCOc1cccc2c1OCCOCCN(C(=O)CCc1cn(C)nc1C)C[C@@H]1CCCN1C2. The monoisotopic (exact) mass is 470 g/mol. The standard InChI is InChI=1S/C26H38N4O4/c1-4-33-24-9-5-7-22-18-29-12-6-8-23(29)19-30(13-14-32-15-16-34-26(22)24)25(31)11-10-21-17-28(3)27-20(21)2/h5,7,9,17,23H,4,6,8,10-16,18-19H2,1-3H3/t23-/m0/s1. The topological polar surface area (TPSA) is 69.1 Å². The molecule has 0 spiro atoms. The first-order valence-electron chi connectivity index (χ1n) is 12.5. The number of aryl methyl sites for hydroxylation is 3. The van der Waals surface area contributed by atoms with Crippen LogP contribution in [0, 0.1) is 6.92 Å². The van der Waals surface area contributed by atoms with Crippen molar-refractivity contribution in [1.82, 2.24) is 19.6 Å². The number of rotatable bonds is 5. The maximum absolute atomic E-state index is 13.3. The van der Waals surface area contributed by atoms with Crippen LogP contribution in [-0.4, -0.2) is 77.6 Å². The molecule has 1 fully saturated rings. The quantitative estimate of drug-likeness (QED) is 0.669. The summed E-state index contributed by atoms with van der Waals surface area (Å²) in [6.45, 7) is 9.17. The first kappa shape index (κ1) is 24.5. The molecule has 4 rings (SSSR count). The number of hydrogen-bond acceptors (Lipinski definition) is 6. The van der Waals surface area contributed by atoms with Gasteiger partial charge >= 0.3 is 0 Å². The zero-order chi connectivity index (χ0) is 23.9. The summed E-state index contributed by atoms with van der Waals surface area (Å²) in [5.41, 5.74) is 3.26. The fraction of sp³-hybridized carbons (Fsp3) is 0.615. The fourth-order valence-corrected chi connectivity index (χ4v) is 4.99. The lowest BCUT2D eigenvalue weighted by Crippen LogP contribution is -2.44. The van der Waals surface area contributed by atoms with E-state index in [0.717, 1.165) is 60.8 Å². The minimum atomic E-state index is 0.184. The summed E-state index contributed by atoms with van der Waals surface area (Å²) in [7, 11) is 1.92. The van der Waals surface area contributed by atoms with Crippen molar-refractivity contribution in [3.05, 3.63) is 41.2 Å². The Kier molecular flexibility index (Phi) is 8.45. The molecule has 2 aromatic rings. The summed E-state index contributed by atoms with van der Waals surface area (Å²) < 4.78 is 19.7. The third-order valence-electron chi connectivity index (χ3n) is 6.72. The minimum Gasteiger partial charge on any atom is -0.490 e. The summed E-state index contributed by atoms with van der Waals surface area (Å²) >= 11 is 0. The number of amides is 1. The van der Waals surface area contributed by atoms with E-state index in [9.17, 15) is 4.79 Å². The number of benzene rings is 1. The van der Waals surface area contributed by atoms with Crippen molar-refractivity contribution in [1.29, 1.82) is 0 Å². The van der Waals surface area contributed by atoms with Crippen molar-refractivity contribution >= 4 is 5.91 Å². The molecule has 1 atom stereocenters. The Morgan fingerprint density at radius 1 is 1.24 bits per heavy atom. The molecule has 0 radical (unpaired) electrons. The van der Waals surface area contributed by atoms with Gasteiger partial charge in [-0.15, -0.1) is 0 Å². The fourth-order valence-electron chi connectivity index (χ4n) is 4.99. The summed E-state index contributed by atoms with van der Waals surface area (Å²) in [6.07, 6.45) is 5.44. The summed E-state index contributed by atoms with van der Waals surface area (Å²) in [4.78, 5) is 17.8. The van der Waals surface area contributed by atoms with Crippen LogP contribution in [0.5, 0.6) is 11.5 Å². The molecule has 2 aliphatic rings. The van der Waals surface area contributed by atoms with Gasteiger partial charge in [0.05, 0.1) is 25.5 Å². The Morgan fingerprint density at radius 3 is 2.91 bits per heavy atom. The van der Waals surface area contributed by atoms with Gasteiger partial charge in [0.1, 0.15) is 6.61 Å². The smallest absolute Gasteiger partial charge is 0.223 e. The molecule has 0 N–H and O–H groups in total. The summed E-state index contributed by atoms with van der Waals surface area (Å²) in [6, 6.07) is 6.44. The van der Waals surface area contributed by atoms with Crippen LogP contribution < -0.4 is 9.47 Å². The Bertz CT molecular complexity index is 960. The van der Waals surface area contributed by atoms with E-state index in [1.54, 1.807) is 0 Å². The van der Waals surface area contributed by atoms with Gasteiger partial charge in [-0.2, -0.15) is 5.10 Å². The highest BCUT2D eigenvalue weighted by Crippen LogP contribution is 2.34. The number of fused-ring (bicyclic) bond motifs is 2. The molecule has 186 valence electrons. The predicted octanol–water partition coefficient (Wildman–Crippen LogP) is 2.96. The van der Waals surface area contributed by atoms with Crippen LogP contribution in [-0.2, 0) is 29.5 Å². The molecule has 1 aromatic carbocycles. The van der Waals surface area contributed by atoms with Crippen LogP contribution in [0.3, 0.4) is 0 Å². The average Bonchev–Trinajstić information content (AvgIpc) is 3.39. The van der Waals surface area contributed by atoms with Crippen molar-refractivity contribution < 1.29 is 19.0 Å². The van der Waals surface area contributed by atoms with Crippen LogP contribution in [0.25, 0.3) is 0 Å². The zero-order valence-electron chi connectivity index (χ0n) is 20.8. The lowest BCUT2D eigenvalue weighted by Gasteiger charge is -2.31. The molecule has 3 heterocycles. The van der Waals surface area contributed by atoms with E-state index in [2.05, 4.69) is 16.1 Å². The largest absolute Gasteiger partial charge is 0.490 e. The number of nitrogens with zero attached hydrogens (tertiary/aromatic N) is 4. The van der Waals surface area contributed by atoms with Crippen LogP contribution in [0.15, 0.2) is 24.4 Å². The molecule has 0 unspecified atom stereocenters. The normalized spacial score (nSPS) is 19.9. The number of carbonyl (C=O) groups is 1. The Balaban J connectivity index is 1.48. The number of aromatic nitrogens is 2. The number of ether oxygens (including phenoxy) is 3. The maximum atomic E-state index is 13.3. The molecule has 0 saturated carbocycles. The van der Waals surface area contributed by atoms with Crippen molar-refractivity contribution in [3.63, 3.8) is 0 Å². The maximum Gasteiger partial charge on any atom is 0.223 e. The van der Waals surface area contributed by atoms with Gasteiger partial charge in [0.15, 0.2) is 11.5 Å². The van der Waals surface area contributed by atoms with Gasteiger partial charge in [-0.1, -0.05) is 12.1 Å². The Hall–Kier alpha value is -2.58. The second-order valence-electron chi connectivity index (χ2n) is 9.16. The zero-order valence-corrected chi connectivity index (χ0v) is 20.8. The van der Waals surface area contributed by atoms with Crippen LogP contribution in [0.2, 0.25) is 0 Å². The number of carbonyl (C=O) groups excluding carboxylic acids is 1. The van der Waals surface area contributed by atoms with Gasteiger partial charge in [-0.3, -0.25) is 14.4 Å². The highest BCUT2D eigenvalue weighted by Gasteiger charge is 2.29. The molecule has 1 aromatic heterocycles. The second-order valence-corrected chi connectivity index (χ2v) is 9.16.